The molecule has 5 aromatic rings. The van der Waals surface area contributed by atoms with Gasteiger partial charge in [-0.05, 0) is 78.2 Å². The number of benzene rings is 2. The molecule has 4 nitrogen and oxygen atoms in total. The van der Waals surface area contributed by atoms with Crippen molar-refractivity contribution in [2.45, 2.75) is 19.8 Å². The molecule has 2 aromatic carbocycles. The maximum absolute atomic E-state index is 4.89. The monoisotopic (exact) mass is 456 g/mol. The van der Waals surface area contributed by atoms with Gasteiger partial charge in [-0.3, -0.25) is 9.97 Å². The predicted molar refractivity (Wildman–Crippen MR) is 144 cm³/mol. The molecule has 0 aliphatic rings. The fourth-order valence-corrected chi connectivity index (χ4v) is 4.15. The van der Waals surface area contributed by atoms with Crippen molar-refractivity contribution < 1.29 is 0 Å². The molecule has 0 radical (unpaired) electrons. The van der Waals surface area contributed by atoms with E-state index in [0.717, 1.165) is 53.3 Å². The second kappa shape index (κ2) is 10.7. The van der Waals surface area contributed by atoms with Crippen molar-refractivity contribution in [1.29, 1.82) is 0 Å². The summed E-state index contributed by atoms with van der Waals surface area (Å²) in [7, 11) is 0. The lowest BCUT2D eigenvalue weighted by Crippen LogP contribution is -2.18. The van der Waals surface area contributed by atoms with Crippen LogP contribution in [-0.4, -0.2) is 21.5 Å². The third-order valence-corrected chi connectivity index (χ3v) is 6.00. The van der Waals surface area contributed by atoms with E-state index in [1.807, 2.05) is 36.4 Å². The van der Waals surface area contributed by atoms with E-state index in [-0.39, 0.29) is 0 Å². The van der Waals surface area contributed by atoms with Crippen LogP contribution in [0.3, 0.4) is 0 Å². The van der Waals surface area contributed by atoms with E-state index >= 15 is 0 Å². The number of hydrogen-bond acceptors (Lipinski definition) is 4. The van der Waals surface area contributed by atoms with Gasteiger partial charge in [0.25, 0.3) is 0 Å². The molecule has 3 heterocycles. The number of aromatic nitrogens is 3. The van der Waals surface area contributed by atoms with Gasteiger partial charge in [-0.15, -0.1) is 0 Å². The summed E-state index contributed by atoms with van der Waals surface area (Å²) in [6.45, 7) is 3.22. The summed E-state index contributed by atoms with van der Waals surface area (Å²) in [5.74, 6) is 0. The summed E-state index contributed by atoms with van der Waals surface area (Å²) >= 11 is 0. The van der Waals surface area contributed by atoms with Gasteiger partial charge in [0.05, 0.1) is 22.8 Å². The van der Waals surface area contributed by atoms with Crippen LogP contribution in [0, 0.1) is 0 Å². The zero-order chi connectivity index (χ0) is 23.9. The van der Waals surface area contributed by atoms with Crippen LogP contribution in [0.15, 0.2) is 116 Å². The van der Waals surface area contributed by atoms with Crippen LogP contribution in [0.1, 0.15) is 19.8 Å². The van der Waals surface area contributed by atoms with Gasteiger partial charge in [-0.1, -0.05) is 55.8 Å². The molecule has 0 spiro atoms. The Morgan fingerprint density at radius 3 is 1.69 bits per heavy atom. The number of pyridine rings is 3. The highest BCUT2D eigenvalue weighted by atomic mass is 15.1. The molecule has 0 saturated carbocycles. The topological polar surface area (TPSA) is 41.9 Å². The first-order valence-electron chi connectivity index (χ1n) is 12.1. The average Bonchev–Trinajstić information content (AvgIpc) is 2.95. The van der Waals surface area contributed by atoms with E-state index in [2.05, 4.69) is 88.5 Å². The van der Waals surface area contributed by atoms with Crippen LogP contribution >= 0.6 is 0 Å². The zero-order valence-electron chi connectivity index (χ0n) is 19.9. The van der Waals surface area contributed by atoms with E-state index in [0.29, 0.717) is 0 Å². The smallest absolute Gasteiger partial charge is 0.0900 e. The number of unbranched alkanes of at least 4 members (excludes halogenated alkanes) is 1. The minimum Gasteiger partial charge on any atom is -0.341 e. The van der Waals surface area contributed by atoms with E-state index in [1.54, 1.807) is 12.4 Å². The van der Waals surface area contributed by atoms with Crippen LogP contribution in [0.25, 0.3) is 33.9 Å². The highest BCUT2D eigenvalue weighted by Crippen LogP contribution is 2.32. The van der Waals surface area contributed by atoms with Crippen molar-refractivity contribution in [2.24, 2.45) is 0 Å². The van der Waals surface area contributed by atoms with Crippen molar-refractivity contribution in [2.75, 3.05) is 11.4 Å². The molecule has 3 aromatic heterocycles. The molecule has 5 rings (SSSR count). The number of hydrogen-bond donors (Lipinski definition) is 0. The first-order chi connectivity index (χ1) is 17.3. The minimum atomic E-state index is 0.835. The fourth-order valence-electron chi connectivity index (χ4n) is 4.15. The van der Waals surface area contributed by atoms with Crippen LogP contribution in [0.4, 0.5) is 11.4 Å². The van der Waals surface area contributed by atoms with E-state index < -0.39 is 0 Å². The summed E-state index contributed by atoms with van der Waals surface area (Å²) in [4.78, 5) is 16.3. The molecule has 35 heavy (non-hydrogen) atoms. The maximum Gasteiger partial charge on any atom is 0.0900 e. The standard InChI is InChI=1S/C31H28N4/c1-2-3-21-35(26-11-5-4-6-12-26)27-17-15-24(16-18-27)25-22-30(28-13-7-9-19-32-28)34-31(23-25)29-14-8-10-20-33-29/h4-20,22-23H,2-3,21H2,1H3. The summed E-state index contributed by atoms with van der Waals surface area (Å²) in [6, 6.07) is 35.4. The van der Waals surface area contributed by atoms with Crippen LogP contribution in [-0.2, 0) is 0 Å². The molecular weight excluding hydrogens is 428 g/mol. The van der Waals surface area contributed by atoms with E-state index in [9.17, 15) is 0 Å². The third kappa shape index (κ3) is 5.28. The second-order valence-corrected chi connectivity index (χ2v) is 8.44. The lowest BCUT2D eigenvalue weighted by atomic mass is 10.0. The normalized spacial score (nSPS) is 10.8. The van der Waals surface area contributed by atoms with Gasteiger partial charge in [-0.25, -0.2) is 4.98 Å². The van der Waals surface area contributed by atoms with Crippen molar-refractivity contribution in [3.63, 3.8) is 0 Å². The fraction of sp³-hybridized carbons (Fsp3) is 0.129. The summed E-state index contributed by atoms with van der Waals surface area (Å²) in [6.07, 6.45) is 5.90. The van der Waals surface area contributed by atoms with Crippen LogP contribution in [0.5, 0.6) is 0 Å². The average molecular weight is 457 g/mol. The highest BCUT2D eigenvalue weighted by Gasteiger charge is 2.12. The Balaban J connectivity index is 1.54. The Hall–Kier alpha value is -4.31. The SMILES string of the molecule is CCCCN(c1ccccc1)c1ccc(-c2cc(-c3ccccn3)nc(-c3ccccn3)c2)cc1. The molecular formula is C31H28N4. The van der Waals surface area contributed by atoms with Gasteiger partial charge in [0.1, 0.15) is 0 Å². The summed E-state index contributed by atoms with van der Waals surface area (Å²) < 4.78 is 0. The summed E-state index contributed by atoms with van der Waals surface area (Å²) in [5, 5.41) is 0. The Bertz CT molecular complexity index is 1290. The van der Waals surface area contributed by atoms with Crippen LogP contribution < -0.4 is 4.90 Å². The maximum atomic E-state index is 4.89. The minimum absolute atomic E-state index is 0.835. The number of nitrogens with zero attached hydrogens (tertiary/aromatic N) is 4. The Morgan fingerprint density at radius 2 is 1.14 bits per heavy atom. The van der Waals surface area contributed by atoms with Gasteiger partial charge in [0.15, 0.2) is 0 Å². The number of rotatable bonds is 8. The van der Waals surface area contributed by atoms with Crippen molar-refractivity contribution in [1.82, 2.24) is 15.0 Å². The number of para-hydroxylation sites is 1. The molecule has 172 valence electrons. The molecule has 0 bridgehead atoms. The van der Waals surface area contributed by atoms with E-state index in [4.69, 9.17) is 4.98 Å². The largest absolute Gasteiger partial charge is 0.341 e. The van der Waals surface area contributed by atoms with Crippen molar-refractivity contribution >= 4 is 11.4 Å². The third-order valence-electron chi connectivity index (χ3n) is 6.00. The van der Waals surface area contributed by atoms with Crippen molar-refractivity contribution in [3.8, 4) is 33.9 Å². The Labute approximate surface area is 207 Å². The van der Waals surface area contributed by atoms with Crippen molar-refractivity contribution in [3.05, 3.63) is 116 Å². The molecule has 0 N–H and O–H groups in total. The zero-order valence-corrected chi connectivity index (χ0v) is 19.9. The Kier molecular flexibility index (Phi) is 6.90. The predicted octanol–water partition coefficient (Wildman–Crippen LogP) is 7.81. The van der Waals surface area contributed by atoms with Gasteiger partial charge < -0.3 is 4.90 Å². The molecule has 0 aliphatic carbocycles. The molecule has 0 unspecified atom stereocenters. The summed E-state index contributed by atoms with van der Waals surface area (Å²) in [5.41, 5.74) is 7.99. The number of anilines is 2. The van der Waals surface area contributed by atoms with E-state index in [1.165, 1.54) is 11.4 Å². The first kappa shape index (κ1) is 22.5. The quantitative estimate of drug-likeness (QED) is 0.239. The molecule has 0 aliphatic heterocycles. The first-order valence-corrected chi connectivity index (χ1v) is 12.1. The highest BCUT2D eigenvalue weighted by molar-refractivity contribution is 5.76. The lowest BCUT2D eigenvalue weighted by Gasteiger charge is -2.25. The molecule has 0 saturated heterocycles. The molecule has 0 atom stereocenters. The second-order valence-electron chi connectivity index (χ2n) is 8.44. The lowest BCUT2D eigenvalue weighted by molar-refractivity contribution is 0.786. The van der Waals surface area contributed by atoms with Crippen LogP contribution in [0.2, 0.25) is 0 Å². The van der Waals surface area contributed by atoms with Gasteiger partial charge in [0, 0.05) is 30.3 Å². The molecule has 0 amide bonds. The van der Waals surface area contributed by atoms with Gasteiger partial charge >= 0.3 is 0 Å². The van der Waals surface area contributed by atoms with Gasteiger partial charge in [-0.2, -0.15) is 0 Å². The van der Waals surface area contributed by atoms with Gasteiger partial charge in [0.2, 0.25) is 0 Å². The Morgan fingerprint density at radius 1 is 0.571 bits per heavy atom. The molecule has 4 heteroatoms. The molecule has 0 fully saturated rings.